The smallest absolute Gasteiger partial charge is 0.0712 e. The summed E-state index contributed by atoms with van der Waals surface area (Å²) in [4.78, 5) is 0. The zero-order valence-corrected chi connectivity index (χ0v) is 10.7. The minimum atomic E-state index is -0.238. The maximum absolute atomic E-state index is 9.91. The van der Waals surface area contributed by atoms with Crippen molar-refractivity contribution in [2.75, 3.05) is 6.54 Å². The number of nitrogens with one attached hydrogen (secondary N) is 1. The van der Waals surface area contributed by atoms with Gasteiger partial charge in [0.1, 0.15) is 0 Å². The van der Waals surface area contributed by atoms with Crippen LogP contribution in [0, 0.1) is 11.3 Å². The molecule has 2 heteroatoms. The van der Waals surface area contributed by atoms with E-state index in [0.717, 1.165) is 12.5 Å². The first-order valence-electron chi connectivity index (χ1n) is 6.35. The zero-order valence-electron chi connectivity index (χ0n) is 10.7. The van der Waals surface area contributed by atoms with E-state index in [2.05, 4.69) is 33.0 Å². The molecule has 90 valence electrons. The van der Waals surface area contributed by atoms with Crippen LogP contribution in [0.3, 0.4) is 0 Å². The third-order valence-electron chi connectivity index (χ3n) is 3.72. The number of hydrogen-bond donors (Lipinski definition) is 2. The summed E-state index contributed by atoms with van der Waals surface area (Å²) in [6.07, 6.45) is 5.01. The first kappa shape index (κ1) is 13.0. The Balaban J connectivity index is 2.21. The van der Waals surface area contributed by atoms with Gasteiger partial charge >= 0.3 is 0 Å². The van der Waals surface area contributed by atoms with E-state index in [0.29, 0.717) is 6.04 Å². The Bertz CT molecular complexity index is 185. The van der Waals surface area contributed by atoms with Crippen molar-refractivity contribution in [3.63, 3.8) is 0 Å². The van der Waals surface area contributed by atoms with Crippen LogP contribution in [0.1, 0.15) is 53.4 Å². The van der Waals surface area contributed by atoms with Crippen LogP contribution in [0.5, 0.6) is 0 Å². The number of rotatable bonds is 4. The van der Waals surface area contributed by atoms with Crippen LogP contribution in [0.15, 0.2) is 0 Å². The van der Waals surface area contributed by atoms with Gasteiger partial charge < -0.3 is 10.4 Å². The molecule has 1 saturated carbocycles. The molecule has 2 nitrogen and oxygen atoms in total. The van der Waals surface area contributed by atoms with Crippen LogP contribution in [0.2, 0.25) is 0 Å². The van der Waals surface area contributed by atoms with E-state index in [9.17, 15) is 5.11 Å². The molecule has 0 bridgehead atoms. The summed E-state index contributed by atoms with van der Waals surface area (Å²) in [6, 6.07) is 0.645. The van der Waals surface area contributed by atoms with Crippen LogP contribution in [-0.2, 0) is 0 Å². The Kier molecular flexibility index (Phi) is 4.60. The van der Waals surface area contributed by atoms with Crippen molar-refractivity contribution in [3.8, 4) is 0 Å². The molecule has 1 aliphatic rings. The number of aliphatic hydroxyl groups is 1. The van der Waals surface area contributed by atoms with Crippen LogP contribution < -0.4 is 5.32 Å². The zero-order chi connectivity index (χ0) is 11.5. The second-order valence-corrected chi connectivity index (χ2v) is 6.07. The van der Waals surface area contributed by atoms with Gasteiger partial charge in [0.2, 0.25) is 0 Å². The highest BCUT2D eigenvalue weighted by molar-refractivity contribution is 4.82. The van der Waals surface area contributed by atoms with Crippen LogP contribution in [0.4, 0.5) is 0 Å². The van der Waals surface area contributed by atoms with E-state index in [-0.39, 0.29) is 11.5 Å². The number of hydrogen-bond acceptors (Lipinski definition) is 2. The molecule has 1 aliphatic carbocycles. The summed E-state index contributed by atoms with van der Waals surface area (Å²) < 4.78 is 0. The molecule has 0 heterocycles. The van der Waals surface area contributed by atoms with E-state index in [1.54, 1.807) is 0 Å². The molecule has 3 atom stereocenters. The van der Waals surface area contributed by atoms with Gasteiger partial charge in [0.05, 0.1) is 6.10 Å². The fraction of sp³-hybridized carbons (Fsp3) is 1.00. The van der Waals surface area contributed by atoms with Crippen molar-refractivity contribution >= 4 is 0 Å². The summed E-state index contributed by atoms with van der Waals surface area (Å²) in [5.74, 6) is 0.911. The van der Waals surface area contributed by atoms with Gasteiger partial charge in [0.25, 0.3) is 0 Å². The first-order valence-corrected chi connectivity index (χ1v) is 6.35. The first-order chi connectivity index (χ1) is 6.93. The van der Waals surface area contributed by atoms with E-state index in [4.69, 9.17) is 0 Å². The van der Waals surface area contributed by atoms with E-state index < -0.39 is 0 Å². The van der Waals surface area contributed by atoms with Crippen LogP contribution in [-0.4, -0.2) is 23.8 Å². The number of aliphatic hydroxyl groups excluding tert-OH is 1. The third-order valence-corrected chi connectivity index (χ3v) is 3.72. The van der Waals surface area contributed by atoms with Gasteiger partial charge in [-0.25, -0.2) is 0 Å². The topological polar surface area (TPSA) is 32.3 Å². The predicted octanol–water partition coefficient (Wildman–Crippen LogP) is 2.56. The fourth-order valence-corrected chi connectivity index (χ4v) is 2.22. The van der Waals surface area contributed by atoms with Gasteiger partial charge in [-0.2, -0.15) is 0 Å². The third kappa shape index (κ3) is 4.12. The van der Waals surface area contributed by atoms with E-state index >= 15 is 0 Å². The van der Waals surface area contributed by atoms with Crippen LogP contribution in [0.25, 0.3) is 0 Å². The second kappa shape index (κ2) is 5.31. The predicted molar refractivity (Wildman–Crippen MR) is 64.9 cm³/mol. The standard InChI is InChI=1S/C13H27NO/c1-5-10-6-7-11(8-10)14-9-12(15)13(2,3)4/h10-12,14-15H,5-9H2,1-4H3. The van der Waals surface area contributed by atoms with Gasteiger partial charge in [-0.1, -0.05) is 34.1 Å². The lowest BCUT2D eigenvalue weighted by molar-refractivity contribution is 0.0605. The molecule has 0 aromatic carbocycles. The summed E-state index contributed by atoms with van der Waals surface area (Å²) in [7, 11) is 0. The molecule has 0 aliphatic heterocycles. The lowest BCUT2D eigenvalue weighted by Crippen LogP contribution is -2.40. The SMILES string of the molecule is CCC1CCC(NCC(O)C(C)(C)C)C1. The normalized spacial score (nSPS) is 29.4. The minimum Gasteiger partial charge on any atom is -0.391 e. The molecule has 15 heavy (non-hydrogen) atoms. The maximum atomic E-state index is 9.91. The van der Waals surface area contributed by atoms with Crippen molar-refractivity contribution in [2.45, 2.75) is 65.5 Å². The quantitative estimate of drug-likeness (QED) is 0.752. The Morgan fingerprint density at radius 1 is 1.33 bits per heavy atom. The summed E-state index contributed by atoms with van der Waals surface area (Å²) >= 11 is 0. The van der Waals surface area contributed by atoms with Gasteiger partial charge in [-0.15, -0.1) is 0 Å². The van der Waals surface area contributed by atoms with E-state index in [1.165, 1.54) is 25.7 Å². The largest absolute Gasteiger partial charge is 0.391 e. The van der Waals surface area contributed by atoms with Crippen molar-refractivity contribution < 1.29 is 5.11 Å². The summed E-state index contributed by atoms with van der Waals surface area (Å²) in [6.45, 7) is 9.27. The molecule has 3 unspecified atom stereocenters. The highest BCUT2D eigenvalue weighted by Gasteiger charge is 2.26. The van der Waals surface area contributed by atoms with Crippen molar-refractivity contribution in [3.05, 3.63) is 0 Å². The molecular formula is C13H27NO. The minimum absolute atomic E-state index is 0.00420. The summed E-state index contributed by atoms with van der Waals surface area (Å²) in [5, 5.41) is 13.4. The van der Waals surface area contributed by atoms with Gasteiger partial charge in [0.15, 0.2) is 0 Å². The Morgan fingerprint density at radius 2 is 2.00 bits per heavy atom. The average Bonchev–Trinajstić information content (AvgIpc) is 2.60. The van der Waals surface area contributed by atoms with Crippen molar-refractivity contribution in [1.82, 2.24) is 5.32 Å². The van der Waals surface area contributed by atoms with E-state index in [1.807, 2.05) is 0 Å². The molecule has 0 spiro atoms. The Labute approximate surface area is 94.5 Å². The molecule has 1 rings (SSSR count). The molecule has 1 fully saturated rings. The highest BCUT2D eigenvalue weighted by Crippen LogP contribution is 2.28. The summed E-state index contributed by atoms with van der Waals surface area (Å²) in [5.41, 5.74) is -0.00420. The monoisotopic (exact) mass is 213 g/mol. The molecule has 0 aromatic rings. The molecule has 0 amide bonds. The molecule has 0 aromatic heterocycles. The van der Waals surface area contributed by atoms with Gasteiger partial charge in [0, 0.05) is 12.6 Å². The average molecular weight is 213 g/mol. The molecule has 0 saturated heterocycles. The highest BCUT2D eigenvalue weighted by atomic mass is 16.3. The van der Waals surface area contributed by atoms with Crippen molar-refractivity contribution in [1.29, 1.82) is 0 Å². The van der Waals surface area contributed by atoms with Gasteiger partial charge in [-0.05, 0) is 30.6 Å². The molecule has 2 N–H and O–H groups in total. The fourth-order valence-electron chi connectivity index (χ4n) is 2.22. The van der Waals surface area contributed by atoms with Crippen molar-refractivity contribution in [2.24, 2.45) is 11.3 Å². The maximum Gasteiger partial charge on any atom is 0.0712 e. The second-order valence-electron chi connectivity index (χ2n) is 6.07. The molecule has 0 radical (unpaired) electrons. The Hall–Kier alpha value is -0.0800. The van der Waals surface area contributed by atoms with Crippen LogP contribution >= 0.6 is 0 Å². The molecular weight excluding hydrogens is 186 g/mol. The van der Waals surface area contributed by atoms with Gasteiger partial charge in [-0.3, -0.25) is 0 Å². The lowest BCUT2D eigenvalue weighted by atomic mass is 9.89. The lowest BCUT2D eigenvalue weighted by Gasteiger charge is -2.27. The Morgan fingerprint density at radius 3 is 2.47 bits per heavy atom.